The van der Waals surface area contributed by atoms with E-state index in [9.17, 15) is 4.79 Å². The summed E-state index contributed by atoms with van der Waals surface area (Å²) in [4.78, 5) is 11.3. The molecule has 0 radical (unpaired) electrons. The van der Waals surface area contributed by atoms with E-state index in [0.717, 1.165) is 32.1 Å². The summed E-state index contributed by atoms with van der Waals surface area (Å²) in [6, 6.07) is 0. The molecule has 0 aliphatic heterocycles. The number of Topliss-reactive ketones (excluding diaryl/α,β-unsaturated/α-hetero) is 1. The molecule has 0 bridgehead atoms. The monoisotopic (exact) mass is 198 g/mol. The molecule has 0 spiro atoms. The fourth-order valence-corrected chi connectivity index (χ4v) is 2.95. The average molecular weight is 198 g/mol. The lowest BCUT2D eigenvalue weighted by atomic mass is 9.81. The summed E-state index contributed by atoms with van der Waals surface area (Å²) in [6.45, 7) is 0. The van der Waals surface area contributed by atoms with Crippen molar-refractivity contribution in [2.45, 2.75) is 37.9 Å². The molecule has 2 fully saturated rings. The number of hydrogen-bond acceptors (Lipinski definition) is 3. The summed E-state index contributed by atoms with van der Waals surface area (Å²) in [6.07, 6.45) is 4.36. The highest BCUT2D eigenvalue weighted by molar-refractivity contribution is 5.79. The predicted molar refractivity (Wildman–Crippen MR) is 51.8 cm³/mol. The number of fused-ring (bicyclic) bond motifs is 1. The summed E-state index contributed by atoms with van der Waals surface area (Å²) in [5.74, 6) is 1.14. The molecule has 2 saturated carbocycles. The molecule has 2 rings (SSSR count). The fourth-order valence-electron chi connectivity index (χ4n) is 2.95. The maximum absolute atomic E-state index is 11.3. The summed E-state index contributed by atoms with van der Waals surface area (Å²) in [7, 11) is 3.39. The maximum atomic E-state index is 11.3. The summed E-state index contributed by atoms with van der Waals surface area (Å²) >= 11 is 0. The number of ether oxygens (including phenoxy) is 2. The Morgan fingerprint density at radius 1 is 1.21 bits per heavy atom. The summed E-state index contributed by atoms with van der Waals surface area (Å²) in [5.41, 5.74) is 0. The number of hydrogen-bond donors (Lipinski definition) is 0. The highest BCUT2D eigenvalue weighted by atomic mass is 16.7. The average Bonchev–Trinajstić information content (AvgIpc) is 2.56. The van der Waals surface area contributed by atoms with E-state index in [-0.39, 0.29) is 0 Å². The fraction of sp³-hybridized carbons (Fsp3) is 0.909. The molecule has 0 aromatic carbocycles. The third-order valence-corrected chi connectivity index (χ3v) is 3.84. The molecular weight excluding hydrogens is 180 g/mol. The van der Waals surface area contributed by atoms with Gasteiger partial charge in [-0.05, 0) is 18.3 Å². The Labute approximate surface area is 84.8 Å². The van der Waals surface area contributed by atoms with Crippen LogP contribution in [-0.4, -0.2) is 25.8 Å². The van der Waals surface area contributed by atoms with Gasteiger partial charge in [-0.15, -0.1) is 0 Å². The Hall–Kier alpha value is -0.410. The number of carbonyl (C=O) groups excluding carboxylic acids is 1. The van der Waals surface area contributed by atoms with Crippen LogP contribution in [0.15, 0.2) is 0 Å². The molecular formula is C11H18O3. The second kappa shape index (κ2) is 3.63. The first kappa shape index (κ1) is 10.1. The van der Waals surface area contributed by atoms with Crippen molar-refractivity contribution in [3.8, 4) is 0 Å². The van der Waals surface area contributed by atoms with Crippen molar-refractivity contribution in [1.82, 2.24) is 0 Å². The van der Waals surface area contributed by atoms with Crippen molar-refractivity contribution in [1.29, 1.82) is 0 Å². The van der Waals surface area contributed by atoms with Gasteiger partial charge in [0, 0.05) is 39.9 Å². The zero-order valence-electron chi connectivity index (χ0n) is 8.91. The van der Waals surface area contributed by atoms with Crippen LogP contribution in [0.4, 0.5) is 0 Å². The highest BCUT2D eigenvalue weighted by Crippen LogP contribution is 2.47. The lowest BCUT2D eigenvalue weighted by molar-refractivity contribution is -0.203. The number of methoxy groups -OCH3 is 2. The third kappa shape index (κ3) is 1.59. The van der Waals surface area contributed by atoms with Crippen LogP contribution in [-0.2, 0) is 14.3 Å². The van der Waals surface area contributed by atoms with Gasteiger partial charge < -0.3 is 9.47 Å². The SMILES string of the molecule is COC1(OC)CC2CC(=O)CC[C@H]2C1. The van der Waals surface area contributed by atoms with Crippen LogP contribution in [0, 0.1) is 11.8 Å². The van der Waals surface area contributed by atoms with Crippen LogP contribution >= 0.6 is 0 Å². The van der Waals surface area contributed by atoms with Crippen molar-refractivity contribution in [2.75, 3.05) is 14.2 Å². The minimum Gasteiger partial charge on any atom is -0.353 e. The molecule has 3 heteroatoms. The van der Waals surface area contributed by atoms with Crippen LogP contribution < -0.4 is 0 Å². The van der Waals surface area contributed by atoms with Gasteiger partial charge in [0.15, 0.2) is 5.79 Å². The van der Waals surface area contributed by atoms with Gasteiger partial charge in [-0.3, -0.25) is 4.79 Å². The van der Waals surface area contributed by atoms with Crippen LogP contribution in [0.2, 0.25) is 0 Å². The Bertz CT molecular complexity index is 233. The quantitative estimate of drug-likeness (QED) is 0.634. The highest BCUT2D eigenvalue weighted by Gasteiger charge is 2.47. The van der Waals surface area contributed by atoms with E-state index in [0.29, 0.717) is 17.6 Å². The minimum atomic E-state index is -0.403. The van der Waals surface area contributed by atoms with Gasteiger partial charge in [-0.2, -0.15) is 0 Å². The van der Waals surface area contributed by atoms with Gasteiger partial charge in [0.2, 0.25) is 0 Å². The van der Waals surface area contributed by atoms with Gasteiger partial charge in [0.25, 0.3) is 0 Å². The van der Waals surface area contributed by atoms with Crippen molar-refractivity contribution in [3.63, 3.8) is 0 Å². The van der Waals surface area contributed by atoms with E-state index in [1.54, 1.807) is 14.2 Å². The van der Waals surface area contributed by atoms with E-state index in [4.69, 9.17) is 9.47 Å². The molecule has 0 aromatic rings. The molecule has 0 heterocycles. The molecule has 3 nitrogen and oxygen atoms in total. The molecule has 1 unspecified atom stereocenters. The molecule has 2 aliphatic carbocycles. The number of rotatable bonds is 2. The van der Waals surface area contributed by atoms with Crippen LogP contribution in [0.5, 0.6) is 0 Å². The van der Waals surface area contributed by atoms with Crippen LogP contribution in [0.25, 0.3) is 0 Å². The van der Waals surface area contributed by atoms with Gasteiger partial charge in [0.05, 0.1) is 0 Å². The molecule has 0 saturated heterocycles. The topological polar surface area (TPSA) is 35.5 Å². The van der Waals surface area contributed by atoms with Crippen LogP contribution in [0.1, 0.15) is 32.1 Å². The van der Waals surface area contributed by atoms with Crippen molar-refractivity contribution >= 4 is 5.78 Å². The normalized spacial score (nSPS) is 35.7. The summed E-state index contributed by atoms with van der Waals surface area (Å²) in [5, 5.41) is 0. The lowest BCUT2D eigenvalue weighted by Crippen LogP contribution is -2.30. The molecule has 0 aromatic heterocycles. The Kier molecular flexibility index (Phi) is 2.62. The second-order valence-corrected chi connectivity index (χ2v) is 4.53. The Morgan fingerprint density at radius 3 is 2.50 bits per heavy atom. The first-order chi connectivity index (χ1) is 6.69. The molecule has 0 N–H and O–H groups in total. The smallest absolute Gasteiger partial charge is 0.168 e. The first-order valence-electron chi connectivity index (χ1n) is 5.31. The number of ketones is 1. The zero-order chi connectivity index (χ0) is 10.2. The Balaban J connectivity index is 2.07. The van der Waals surface area contributed by atoms with Gasteiger partial charge in [0.1, 0.15) is 5.78 Å². The third-order valence-electron chi connectivity index (χ3n) is 3.84. The predicted octanol–water partition coefficient (Wildman–Crippen LogP) is 1.75. The van der Waals surface area contributed by atoms with E-state index in [2.05, 4.69) is 0 Å². The first-order valence-corrected chi connectivity index (χ1v) is 5.31. The van der Waals surface area contributed by atoms with E-state index < -0.39 is 5.79 Å². The largest absolute Gasteiger partial charge is 0.353 e. The minimum absolute atomic E-state index is 0.403. The molecule has 80 valence electrons. The van der Waals surface area contributed by atoms with Gasteiger partial charge in [-0.25, -0.2) is 0 Å². The van der Waals surface area contributed by atoms with Gasteiger partial charge >= 0.3 is 0 Å². The lowest BCUT2D eigenvalue weighted by Gasteiger charge is -2.25. The molecule has 2 atom stereocenters. The van der Waals surface area contributed by atoms with E-state index in [1.807, 2.05) is 0 Å². The van der Waals surface area contributed by atoms with E-state index in [1.165, 1.54) is 0 Å². The van der Waals surface area contributed by atoms with Gasteiger partial charge in [-0.1, -0.05) is 0 Å². The Morgan fingerprint density at radius 2 is 1.86 bits per heavy atom. The standard InChI is InChI=1S/C11H18O3/c1-13-11(14-2)6-8-3-4-10(12)5-9(8)7-11/h8-9H,3-7H2,1-2H3/t8-,9?/m0/s1. The van der Waals surface area contributed by atoms with E-state index >= 15 is 0 Å². The molecule has 14 heavy (non-hydrogen) atoms. The maximum Gasteiger partial charge on any atom is 0.168 e. The van der Waals surface area contributed by atoms with Crippen LogP contribution in [0.3, 0.4) is 0 Å². The zero-order valence-corrected chi connectivity index (χ0v) is 8.91. The second-order valence-electron chi connectivity index (χ2n) is 4.53. The number of carbonyl (C=O) groups is 1. The molecule has 2 aliphatic rings. The molecule has 0 amide bonds. The van der Waals surface area contributed by atoms with Crippen molar-refractivity contribution in [3.05, 3.63) is 0 Å². The van der Waals surface area contributed by atoms with Crippen molar-refractivity contribution < 1.29 is 14.3 Å². The summed E-state index contributed by atoms with van der Waals surface area (Å²) < 4.78 is 10.9. The van der Waals surface area contributed by atoms with Crippen molar-refractivity contribution in [2.24, 2.45) is 11.8 Å².